The predicted octanol–water partition coefficient (Wildman–Crippen LogP) is 1.94. The minimum atomic E-state index is -3.94. The van der Waals surface area contributed by atoms with Crippen LogP contribution in [0.25, 0.3) is 0 Å². The standard InChI is InChI=1S/C26H48N8O3S/c27-24-19-25(34-15-13-33(14-16-34)17-18-38(35,36)37)32-26(31-24)30-23-9-7-21(8-10-23)20-28-11-4-12-29-22-5-2-1-3-6-22/h19,21-23,28-29H,1-18,20H2,(H,35,36,37)(H3,27,30,31,32). The summed E-state index contributed by atoms with van der Waals surface area (Å²) in [5.74, 6) is 2.32. The van der Waals surface area contributed by atoms with Crippen molar-refractivity contribution < 1.29 is 13.0 Å². The number of aromatic nitrogens is 2. The monoisotopic (exact) mass is 552 g/mol. The van der Waals surface area contributed by atoms with Crippen LogP contribution < -0.4 is 26.6 Å². The second kappa shape index (κ2) is 14.6. The largest absolute Gasteiger partial charge is 0.383 e. The number of rotatable bonds is 13. The molecular formula is C26H48N8O3S. The third-order valence-electron chi connectivity index (χ3n) is 8.28. The summed E-state index contributed by atoms with van der Waals surface area (Å²) in [7, 11) is -3.94. The van der Waals surface area contributed by atoms with Gasteiger partial charge in [0.25, 0.3) is 10.1 Å². The van der Waals surface area contributed by atoms with Gasteiger partial charge in [0, 0.05) is 50.9 Å². The summed E-state index contributed by atoms with van der Waals surface area (Å²) >= 11 is 0. The summed E-state index contributed by atoms with van der Waals surface area (Å²) in [6.07, 6.45) is 12.7. The van der Waals surface area contributed by atoms with Crippen molar-refractivity contribution in [1.82, 2.24) is 25.5 Å². The number of piperazine rings is 1. The van der Waals surface area contributed by atoms with Crippen LogP contribution in [0.15, 0.2) is 6.07 Å². The Morgan fingerprint density at radius 1 is 0.947 bits per heavy atom. The van der Waals surface area contributed by atoms with Crippen molar-refractivity contribution in [3.05, 3.63) is 6.07 Å². The van der Waals surface area contributed by atoms with Gasteiger partial charge in [-0.1, -0.05) is 19.3 Å². The fourth-order valence-electron chi connectivity index (χ4n) is 5.95. The summed E-state index contributed by atoms with van der Waals surface area (Å²) in [5, 5.41) is 10.9. The van der Waals surface area contributed by atoms with Crippen molar-refractivity contribution >= 4 is 27.7 Å². The van der Waals surface area contributed by atoms with Crippen molar-refractivity contribution in [3.63, 3.8) is 0 Å². The number of nitrogens with one attached hydrogen (secondary N) is 3. The van der Waals surface area contributed by atoms with E-state index in [-0.39, 0.29) is 5.75 Å². The van der Waals surface area contributed by atoms with Crippen LogP contribution in [0.2, 0.25) is 0 Å². The highest BCUT2D eigenvalue weighted by molar-refractivity contribution is 7.85. The summed E-state index contributed by atoms with van der Waals surface area (Å²) in [5.41, 5.74) is 6.11. The third kappa shape index (κ3) is 10.1. The van der Waals surface area contributed by atoms with E-state index in [1.807, 2.05) is 4.90 Å². The van der Waals surface area contributed by atoms with Crippen LogP contribution in [-0.2, 0) is 10.1 Å². The van der Waals surface area contributed by atoms with Crippen LogP contribution in [0.4, 0.5) is 17.6 Å². The Morgan fingerprint density at radius 2 is 1.68 bits per heavy atom. The van der Waals surface area contributed by atoms with Crippen LogP contribution in [0.1, 0.15) is 64.2 Å². The van der Waals surface area contributed by atoms with Crippen molar-refractivity contribution in [1.29, 1.82) is 0 Å². The smallest absolute Gasteiger partial charge is 0.266 e. The summed E-state index contributed by atoms with van der Waals surface area (Å²) < 4.78 is 31.0. The SMILES string of the molecule is Nc1cc(N2CCN(CCS(=O)(=O)O)CC2)nc(NC2CCC(CNCCCNC3CCCCC3)CC2)n1. The van der Waals surface area contributed by atoms with Gasteiger partial charge in [-0.15, -0.1) is 0 Å². The molecule has 0 spiro atoms. The van der Waals surface area contributed by atoms with E-state index >= 15 is 0 Å². The molecule has 2 heterocycles. The van der Waals surface area contributed by atoms with Crippen molar-refractivity contribution in [2.75, 3.05) is 74.1 Å². The van der Waals surface area contributed by atoms with E-state index < -0.39 is 10.1 Å². The molecule has 0 amide bonds. The van der Waals surface area contributed by atoms with Gasteiger partial charge in [-0.25, -0.2) is 0 Å². The van der Waals surface area contributed by atoms with Gasteiger partial charge < -0.3 is 26.6 Å². The topological polar surface area (TPSA) is 149 Å². The molecule has 38 heavy (non-hydrogen) atoms. The van der Waals surface area contributed by atoms with E-state index in [1.165, 1.54) is 51.4 Å². The molecule has 2 aliphatic carbocycles. The average molecular weight is 553 g/mol. The maximum absolute atomic E-state index is 11.0. The molecule has 3 aliphatic rings. The molecule has 0 atom stereocenters. The Labute approximate surface area is 228 Å². The maximum atomic E-state index is 11.0. The van der Waals surface area contributed by atoms with Gasteiger partial charge in [0.2, 0.25) is 5.95 Å². The highest BCUT2D eigenvalue weighted by Crippen LogP contribution is 2.27. The minimum absolute atomic E-state index is 0.238. The lowest BCUT2D eigenvalue weighted by molar-refractivity contribution is 0.269. The van der Waals surface area contributed by atoms with Gasteiger partial charge in [-0.3, -0.25) is 9.45 Å². The zero-order chi connectivity index (χ0) is 26.8. The Morgan fingerprint density at radius 3 is 2.39 bits per heavy atom. The van der Waals surface area contributed by atoms with Crippen LogP contribution >= 0.6 is 0 Å². The highest BCUT2D eigenvalue weighted by atomic mass is 32.2. The fourth-order valence-corrected chi connectivity index (χ4v) is 6.44. The summed E-state index contributed by atoms with van der Waals surface area (Å²) in [6.45, 7) is 6.50. The molecule has 0 bridgehead atoms. The molecular weight excluding hydrogens is 504 g/mol. The summed E-state index contributed by atoms with van der Waals surface area (Å²) in [6, 6.07) is 2.91. The quantitative estimate of drug-likeness (QED) is 0.181. The molecule has 11 nitrogen and oxygen atoms in total. The number of hydrogen-bond donors (Lipinski definition) is 5. The molecule has 6 N–H and O–H groups in total. The fraction of sp³-hybridized carbons (Fsp3) is 0.846. The Balaban J connectivity index is 1.12. The van der Waals surface area contributed by atoms with Crippen molar-refractivity contribution in [3.8, 4) is 0 Å². The second-order valence-corrected chi connectivity index (χ2v) is 12.9. The van der Waals surface area contributed by atoms with Crippen LogP contribution in [0.3, 0.4) is 0 Å². The normalized spacial score (nSPS) is 24.0. The molecule has 12 heteroatoms. The van der Waals surface area contributed by atoms with Crippen LogP contribution in [0, 0.1) is 5.92 Å². The molecule has 216 valence electrons. The lowest BCUT2D eigenvalue weighted by atomic mass is 9.86. The zero-order valence-corrected chi connectivity index (χ0v) is 23.6. The van der Waals surface area contributed by atoms with Crippen LogP contribution in [0.5, 0.6) is 0 Å². The summed E-state index contributed by atoms with van der Waals surface area (Å²) in [4.78, 5) is 13.4. The molecule has 1 aromatic rings. The maximum Gasteiger partial charge on any atom is 0.266 e. The van der Waals surface area contributed by atoms with Crippen molar-refractivity contribution in [2.24, 2.45) is 5.92 Å². The number of anilines is 3. The lowest BCUT2D eigenvalue weighted by Gasteiger charge is -2.35. The first kappa shape index (κ1) is 29.3. The first-order valence-corrected chi connectivity index (χ1v) is 16.2. The van der Waals surface area contributed by atoms with Crippen molar-refractivity contribution in [2.45, 2.75) is 76.3 Å². The zero-order valence-electron chi connectivity index (χ0n) is 22.8. The average Bonchev–Trinajstić information content (AvgIpc) is 2.90. The lowest BCUT2D eigenvalue weighted by Crippen LogP contribution is -2.48. The van der Waals surface area contributed by atoms with E-state index in [1.54, 1.807) is 6.07 Å². The number of nitrogen functional groups attached to an aromatic ring is 1. The Kier molecular flexibility index (Phi) is 11.2. The molecule has 1 aliphatic heterocycles. The molecule has 0 radical (unpaired) electrons. The van der Waals surface area contributed by atoms with Gasteiger partial charge in [0.15, 0.2) is 0 Å². The number of hydrogen-bond acceptors (Lipinski definition) is 10. The highest BCUT2D eigenvalue weighted by Gasteiger charge is 2.23. The van der Waals surface area contributed by atoms with Gasteiger partial charge in [-0.05, 0) is 70.5 Å². The molecule has 0 unspecified atom stereocenters. The number of nitrogens with two attached hydrogens (primary N) is 1. The van der Waals surface area contributed by atoms with E-state index in [9.17, 15) is 8.42 Å². The molecule has 3 fully saturated rings. The van der Waals surface area contributed by atoms with Gasteiger partial charge in [0.1, 0.15) is 11.6 Å². The van der Waals surface area contributed by atoms with E-state index in [4.69, 9.17) is 15.3 Å². The third-order valence-corrected chi connectivity index (χ3v) is 8.97. The van der Waals surface area contributed by atoms with E-state index in [2.05, 4.69) is 25.8 Å². The molecule has 2 saturated carbocycles. The Hall–Kier alpha value is -1.73. The molecule has 4 rings (SSSR count). The minimum Gasteiger partial charge on any atom is -0.383 e. The van der Waals surface area contributed by atoms with Gasteiger partial charge >= 0.3 is 0 Å². The second-order valence-electron chi connectivity index (χ2n) is 11.3. The number of nitrogens with zero attached hydrogens (tertiary/aromatic N) is 4. The molecule has 1 saturated heterocycles. The molecule has 1 aromatic heterocycles. The first-order chi connectivity index (χ1) is 18.3. The predicted molar refractivity (Wildman–Crippen MR) is 153 cm³/mol. The molecule has 0 aromatic carbocycles. The van der Waals surface area contributed by atoms with E-state index in [0.29, 0.717) is 37.4 Å². The van der Waals surface area contributed by atoms with Crippen LogP contribution in [-0.4, -0.2) is 98.0 Å². The van der Waals surface area contributed by atoms with E-state index in [0.717, 1.165) is 63.3 Å². The first-order valence-electron chi connectivity index (χ1n) is 14.6. The van der Waals surface area contributed by atoms with Gasteiger partial charge in [-0.2, -0.15) is 18.4 Å². The van der Waals surface area contributed by atoms with Gasteiger partial charge in [0.05, 0.1) is 5.75 Å². The Bertz CT molecular complexity index is 944.